The first-order valence-electron chi connectivity index (χ1n) is 7.29. The third-order valence-electron chi connectivity index (χ3n) is 3.38. The summed E-state index contributed by atoms with van der Waals surface area (Å²) in [6.07, 6.45) is 2.63. The van der Waals surface area contributed by atoms with Crippen molar-refractivity contribution in [2.75, 3.05) is 13.7 Å². The minimum atomic E-state index is -0.551. The van der Waals surface area contributed by atoms with Crippen LogP contribution in [0.15, 0.2) is 0 Å². The first-order chi connectivity index (χ1) is 9.21. The van der Waals surface area contributed by atoms with E-state index in [2.05, 4.69) is 19.2 Å². The van der Waals surface area contributed by atoms with Crippen molar-refractivity contribution in [2.24, 2.45) is 17.1 Å². The fourth-order valence-electron chi connectivity index (χ4n) is 2.06. The Kier molecular flexibility index (Phi) is 8.46. The maximum atomic E-state index is 12.0. The average molecular weight is 286 g/mol. The highest BCUT2D eigenvalue weighted by Gasteiger charge is 2.24. The summed E-state index contributed by atoms with van der Waals surface area (Å²) < 4.78 is 4.73. The highest BCUT2D eigenvalue weighted by atomic mass is 16.5. The van der Waals surface area contributed by atoms with Gasteiger partial charge in [0.25, 0.3) is 0 Å². The molecule has 20 heavy (non-hydrogen) atoms. The van der Waals surface area contributed by atoms with E-state index in [1.807, 2.05) is 13.8 Å². The van der Waals surface area contributed by atoms with Gasteiger partial charge in [-0.25, -0.2) is 4.79 Å². The van der Waals surface area contributed by atoms with Crippen LogP contribution in [0, 0.1) is 11.3 Å². The first kappa shape index (κ1) is 18.9. The second kappa shape index (κ2) is 8.95. The van der Waals surface area contributed by atoms with E-state index in [4.69, 9.17) is 10.5 Å². The molecule has 118 valence electrons. The number of hydrogen-bond acceptors (Lipinski definition) is 4. The Morgan fingerprint density at radius 3 is 2.30 bits per heavy atom. The van der Waals surface area contributed by atoms with E-state index in [0.29, 0.717) is 25.3 Å². The van der Waals surface area contributed by atoms with Gasteiger partial charge in [-0.3, -0.25) is 4.79 Å². The predicted octanol–water partition coefficient (Wildman–Crippen LogP) is 1.85. The quantitative estimate of drug-likeness (QED) is 0.634. The predicted molar refractivity (Wildman–Crippen MR) is 80.1 cm³/mol. The fraction of sp³-hybridized carbons (Fsp3) is 0.867. The zero-order valence-electron chi connectivity index (χ0n) is 13.5. The standard InChI is InChI=1S/C15H30N2O3/c1-11(2)10-12(14(19)20-5)17-13(18)6-7-15(3,4)8-9-16/h11-12H,6-10,16H2,1-5H3,(H,17,18). The van der Waals surface area contributed by atoms with Crippen molar-refractivity contribution >= 4 is 11.9 Å². The molecule has 0 bridgehead atoms. The molecule has 0 saturated heterocycles. The fourth-order valence-corrected chi connectivity index (χ4v) is 2.06. The van der Waals surface area contributed by atoms with Gasteiger partial charge >= 0.3 is 5.97 Å². The van der Waals surface area contributed by atoms with Crippen molar-refractivity contribution in [2.45, 2.75) is 59.4 Å². The van der Waals surface area contributed by atoms with Gasteiger partial charge in [0.1, 0.15) is 6.04 Å². The number of rotatable bonds is 9. The molecule has 0 aromatic carbocycles. The van der Waals surface area contributed by atoms with Gasteiger partial charge in [-0.15, -0.1) is 0 Å². The average Bonchev–Trinajstić information content (AvgIpc) is 2.34. The van der Waals surface area contributed by atoms with E-state index in [1.54, 1.807) is 0 Å². The Labute approximate surface area is 122 Å². The van der Waals surface area contributed by atoms with Crippen LogP contribution in [-0.2, 0) is 14.3 Å². The Balaban J connectivity index is 4.36. The van der Waals surface area contributed by atoms with Gasteiger partial charge in [-0.1, -0.05) is 27.7 Å². The highest BCUT2D eigenvalue weighted by molar-refractivity contribution is 5.84. The van der Waals surface area contributed by atoms with E-state index in [-0.39, 0.29) is 17.3 Å². The number of nitrogens with two attached hydrogens (primary N) is 1. The molecule has 5 nitrogen and oxygen atoms in total. The molecular weight excluding hydrogens is 256 g/mol. The zero-order valence-corrected chi connectivity index (χ0v) is 13.5. The normalized spacial score (nSPS) is 13.2. The number of amides is 1. The van der Waals surface area contributed by atoms with Crippen LogP contribution < -0.4 is 11.1 Å². The summed E-state index contributed by atoms with van der Waals surface area (Å²) in [4.78, 5) is 23.6. The summed E-state index contributed by atoms with van der Waals surface area (Å²) in [7, 11) is 1.34. The molecule has 3 N–H and O–H groups in total. The number of carbonyl (C=O) groups excluding carboxylic acids is 2. The van der Waals surface area contributed by atoms with Crippen LogP contribution in [0.25, 0.3) is 0 Å². The SMILES string of the molecule is COC(=O)C(CC(C)C)NC(=O)CCC(C)(C)CCN. The second-order valence-corrected chi connectivity index (χ2v) is 6.48. The van der Waals surface area contributed by atoms with Crippen LogP contribution in [0.2, 0.25) is 0 Å². The van der Waals surface area contributed by atoms with Crippen molar-refractivity contribution < 1.29 is 14.3 Å². The topological polar surface area (TPSA) is 81.4 Å². The van der Waals surface area contributed by atoms with Gasteiger partial charge < -0.3 is 15.8 Å². The van der Waals surface area contributed by atoms with Crippen molar-refractivity contribution in [3.8, 4) is 0 Å². The molecule has 0 aliphatic rings. The largest absolute Gasteiger partial charge is 0.467 e. The summed E-state index contributed by atoms with van der Waals surface area (Å²) in [5.41, 5.74) is 5.60. The first-order valence-corrected chi connectivity index (χ1v) is 7.29. The van der Waals surface area contributed by atoms with Crippen LogP contribution in [0.5, 0.6) is 0 Å². The molecule has 1 atom stereocenters. The molecule has 0 aliphatic carbocycles. The molecule has 0 aromatic rings. The summed E-state index contributed by atoms with van der Waals surface area (Å²) in [5.74, 6) is -0.174. The molecule has 5 heteroatoms. The number of hydrogen-bond donors (Lipinski definition) is 2. The van der Waals surface area contributed by atoms with E-state index >= 15 is 0 Å². The van der Waals surface area contributed by atoms with E-state index in [9.17, 15) is 9.59 Å². The van der Waals surface area contributed by atoms with Crippen molar-refractivity contribution in [1.29, 1.82) is 0 Å². The molecule has 0 radical (unpaired) electrons. The van der Waals surface area contributed by atoms with E-state index in [0.717, 1.165) is 12.8 Å². The lowest BCUT2D eigenvalue weighted by atomic mass is 9.84. The maximum absolute atomic E-state index is 12.0. The van der Waals surface area contributed by atoms with Gasteiger partial charge in [0.15, 0.2) is 0 Å². The number of methoxy groups -OCH3 is 1. The van der Waals surface area contributed by atoms with Crippen LogP contribution in [0.4, 0.5) is 0 Å². The molecule has 0 saturated carbocycles. The minimum Gasteiger partial charge on any atom is -0.467 e. The second-order valence-electron chi connectivity index (χ2n) is 6.48. The van der Waals surface area contributed by atoms with Crippen molar-refractivity contribution in [3.63, 3.8) is 0 Å². The minimum absolute atomic E-state index is 0.0465. The molecule has 0 heterocycles. The van der Waals surface area contributed by atoms with Gasteiger partial charge in [0.05, 0.1) is 7.11 Å². The van der Waals surface area contributed by atoms with E-state index in [1.165, 1.54) is 7.11 Å². The molecule has 1 unspecified atom stereocenters. The van der Waals surface area contributed by atoms with Crippen LogP contribution >= 0.6 is 0 Å². The van der Waals surface area contributed by atoms with Crippen LogP contribution in [-0.4, -0.2) is 31.6 Å². The maximum Gasteiger partial charge on any atom is 0.328 e. The lowest BCUT2D eigenvalue weighted by Crippen LogP contribution is -2.42. The van der Waals surface area contributed by atoms with E-state index < -0.39 is 6.04 Å². The lowest BCUT2D eigenvalue weighted by Gasteiger charge is -2.24. The summed E-state index contributed by atoms with van der Waals surface area (Å²) in [6.45, 7) is 8.82. The molecule has 1 amide bonds. The molecule has 0 rings (SSSR count). The molecular formula is C15H30N2O3. The van der Waals surface area contributed by atoms with Crippen LogP contribution in [0.1, 0.15) is 53.4 Å². The molecule has 0 fully saturated rings. The van der Waals surface area contributed by atoms with Crippen LogP contribution in [0.3, 0.4) is 0 Å². The molecule has 0 spiro atoms. The Bertz CT molecular complexity index is 314. The highest BCUT2D eigenvalue weighted by Crippen LogP contribution is 2.25. The number of nitrogens with one attached hydrogen (secondary N) is 1. The number of ether oxygens (including phenoxy) is 1. The summed E-state index contributed by atoms with van der Waals surface area (Å²) in [5, 5.41) is 2.77. The molecule has 0 aromatic heterocycles. The third kappa shape index (κ3) is 8.15. The van der Waals surface area contributed by atoms with Gasteiger partial charge in [-0.05, 0) is 37.1 Å². The summed E-state index contributed by atoms with van der Waals surface area (Å²) >= 11 is 0. The monoisotopic (exact) mass is 286 g/mol. The van der Waals surface area contributed by atoms with Gasteiger partial charge in [-0.2, -0.15) is 0 Å². The summed E-state index contributed by atoms with van der Waals surface area (Å²) in [6, 6.07) is -0.551. The third-order valence-corrected chi connectivity index (χ3v) is 3.38. The van der Waals surface area contributed by atoms with Crippen molar-refractivity contribution in [3.05, 3.63) is 0 Å². The lowest BCUT2D eigenvalue weighted by molar-refractivity contribution is -0.145. The Morgan fingerprint density at radius 2 is 1.85 bits per heavy atom. The number of carbonyl (C=O) groups is 2. The zero-order chi connectivity index (χ0) is 15.8. The number of esters is 1. The smallest absolute Gasteiger partial charge is 0.328 e. The Morgan fingerprint density at radius 1 is 1.25 bits per heavy atom. The Hall–Kier alpha value is -1.10. The molecule has 0 aliphatic heterocycles. The van der Waals surface area contributed by atoms with Gasteiger partial charge in [0.2, 0.25) is 5.91 Å². The van der Waals surface area contributed by atoms with Gasteiger partial charge in [0, 0.05) is 6.42 Å². The van der Waals surface area contributed by atoms with Crippen molar-refractivity contribution in [1.82, 2.24) is 5.32 Å².